The van der Waals surface area contributed by atoms with Crippen molar-refractivity contribution >= 4 is 17.9 Å². The number of allylic oxidation sites excluding steroid dienone is 1. The average molecular weight is 276 g/mol. The summed E-state index contributed by atoms with van der Waals surface area (Å²) in [5, 5.41) is 8.61. The van der Waals surface area contributed by atoms with Crippen molar-refractivity contribution in [1.82, 2.24) is 0 Å². The van der Waals surface area contributed by atoms with Gasteiger partial charge in [0.05, 0.1) is 0 Å². The highest BCUT2D eigenvalue weighted by atomic mass is 19.4. The number of carboxylic acid groups (broad SMARTS) is 1. The van der Waals surface area contributed by atoms with Crippen molar-refractivity contribution in [3.05, 3.63) is 36.4 Å². The third-order valence-electron chi connectivity index (χ3n) is 1.58. The first-order valence-corrected chi connectivity index (χ1v) is 4.65. The Balaban J connectivity index is 5.52. The fourth-order valence-electron chi connectivity index (χ4n) is 0.865. The van der Waals surface area contributed by atoms with Crippen LogP contribution in [0.15, 0.2) is 46.4 Å². The summed E-state index contributed by atoms with van der Waals surface area (Å²) >= 11 is 0. The number of carbonyl (C=O) groups is 1. The molecule has 0 saturated heterocycles. The number of nitrogens with zero attached hydrogens (tertiary/aromatic N) is 2. The van der Waals surface area contributed by atoms with E-state index in [4.69, 9.17) is 16.6 Å². The van der Waals surface area contributed by atoms with Crippen LogP contribution in [-0.2, 0) is 4.79 Å². The fraction of sp³-hybridized carbons (Fsp3) is 0.100. The monoisotopic (exact) mass is 276 g/mol. The minimum atomic E-state index is -5.01. The molecule has 0 heterocycles. The van der Waals surface area contributed by atoms with Crippen LogP contribution in [0.4, 0.5) is 13.2 Å². The standard InChI is InChI=1S/C10H11F3N4O2/c1-6(16-4-2-3-14)17-8(10(11,12)13)7(5-15)9(18)19/h2-5H,1,14-15H2,(H,18,19)/b3-2-,7-5+,16-4-,17-8-. The maximum absolute atomic E-state index is 12.6. The molecule has 104 valence electrons. The number of carboxylic acids is 1. The third-order valence-corrected chi connectivity index (χ3v) is 1.58. The van der Waals surface area contributed by atoms with E-state index in [1.807, 2.05) is 0 Å². The molecule has 0 atom stereocenters. The van der Waals surface area contributed by atoms with Crippen LogP contribution in [0.25, 0.3) is 0 Å². The van der Waals surface area contributed by atoms with Crippen molar-refractivity contribution in [3.63, 3.8) is 0 Å². The fourth-order valence-corrected chi connectivity index (χ4v) is 0.865. The summed E-state index contributed by atoms with van der Waals surface area (Å²) < 4.78 is 37.9. The van der Waals surface area contributed by atoms with Gasteiger partial charge in [-0.2, -0.15) is 13.2 Å². The predicted octanol–water partition coefficient (Wildman–Crippen LogP) is 0.931. The first-order chi connectivity index (χ1) is 8.73. The van der Waals surface area contributed by atoms with Gasteiger partial charge in [0.1, 0.15) is 11.4 Å². The summed E-state index contributed by atoms with van der Waals surface area (Å²) in [5.41, 5.74) is 6.93. The predicted molar refractivity (Wildman–Crippen MR) is 64.4 cm³/mol. The normalized spacial score (nSPS) is 14.3. The van der Waals surface area contributed by atoms with Crippen LogP contribution in [0.2, 0.25) is 0 Å². The Labute approximate surface area is 106 Å². The molecule has 0 aromatic heterocycles. The highest BCUT2D eigenvalue weighted by Gasteiger charge is 2.40. The second-order valence-electron chi connectivity index (χ2n) is 2.92. The lowest BCUT2D eigenvalue weighted by Gasteiger charge is -2.10. The van der Waals surface area contributed by atoms with Gasteiger partial charge in [-0.05, 0) is 12.3 Å². The molecule has 0 aliphatic heterocycles. The lowest BCUT2D eigenvalue weighted by molar-refractivity contribution is -0.132. The van der Waals surface area contributed by atoms with Crippen LogP contribution >= 0.6 is 0 Å². The minimum Gasteiger partial charge on any atom is -0.478 e. The number of hydrogen-bond donors (Lipinski definition) is 3. The van der Waals surface area contributed by atoms with Gasteiger partial charge in [-0.15, -0.1) is 0 Å². The van der Waals surface area contributed by atoms with Gasteiger partial charge < -0.3 is 16.6 Å². The smallest absolute Gasteiger partial charge is 0.434 e. The summed E-state index contributed by atoms with van der Waals surface area (Å²) in [7, 11) is 0. The number of halogens is 3. The highest BCUT2D eigenvalue weighted by Crippen LogP contribution is 2.23. The molecule has 0 saturated carbocycles. The molecule has 0 rings (SSSR count). The van der Waals surface area contributed by atoms with Crippen LogP contribution in [0.3, 0.4) is 0 Å². The van der Waals surface area contributed by atoms with E-state index in [0.29, 0.717) is 6.20 Å². The molecule has 9 heteroatoms. The van der Waals surface area contributed by atoms with Gasteiger partial charge in [0.2, 0.25) is 0 Å². The number of hydrogen-bond acceptors (Lipinski definition) is 5. The zero-order valence-corrected chi connectivity index (χ0v) is 9.55. The topological polar surface area (TPSA) is 114 Å². The first kappa shape index (κ1) is 16.4. The van der Waals surface area contributed by atoms with Gasteiger partial charge in [-0.3, -0.25) is 0 Å². The Bertz CT molecular complexity index is 476. The molecular weight excluding hydrogens is 265 g/mol. The summed E-state index contributed by atoms with van der Waals surface area (Å²) in [6, 6.07) is 0. The van der Waals surface area contributed by atoms with E-state index in [2.05, 4.69) is 16.6 Å². The van der Waals surface area contributed by atoms with Crippen LogP contribution in [-0.4, -0.2) is 29.2 Å². The van der Waals surface area contributed by atoms with Crippen molar-refractivity contribution in [2.45, 2.75) is 6.18 Å². The molecule has 0 aliphatic rings. The summed E-state index contributed by atoms with van der Waals surface area (Å²) in [6.45, 7) is 3.13. The van der Waals surface area contributed by atoms with Gasteiger partial charge in [-0.1, -0.05) is 6.58 Å². The van der Waals surface area contributed by atoms with Crippen LogP contribution in [0.1, 0.15) is 0 Å². The molecule has 0 spiro atoms. The average Bonchev–Trinajstić information content (AvgIpc) is 2.27. The third kappa shape index (κ3) is 5.52. The van der Waals surface area contributed by atoms with Crippen LogP contribution in [0, 0.1) is 0 Å². The number of aliphatic imine (C=N–C) groups is 2. The maximum Gasteiger partial charge on any atom is 0.434 e. The molecule has 0 aromatic carbocycles. The Hall–Kier alpha value is -2.58. The van der Waals surface area contributed by atoms with Crippen LogP contribution < -0.4 is 11.5 Å². The lowest BCUT2D eigenvalue weighted by atomic mass is 10.1. The largest absolute Gasteiger partial charge is 0.478 e. The van der Waals surface area contributed by atoms with Gasteiger partial charge in [-0.25, -0.2) is 14.8 Å². The van der Waals surface area contributed by atoms with Crippen molar-refractivity contribution < 1.29 is 23.1 Å². The van der Waals surface area contributed by atoms with Gasteiger partial charge in [0.15, 0.2) is 5.71 Å². The number of rotatable bonds is 5. The van der Waals surface area contributed by atoms with Crippen molar-refractivity contribution in [2.24, 2.45) is 21.5 Å². The summed E-state index contributed by atoms with van der Waals surface area (Å²) in [5.74, 6) is -2.41. The minimum absolute atomic E-state index is 0.297. The number of nitrogens with two attached hydrogens (primary N) is 2. The van der Waals surface area contributed by atoms with E-state index in [0.717, 1.165) is 12.4 Å². The second kappa shape index (κ2) is 6.99. The molecule has 5 N–H and O–H groups in total. The lowest BCUT2D eigenvalue weighted by Crippen LogP contribution is -2.29. The van der Waals surface area contributed by atoms with Gasteiger partial charge >= 0.3 is 12.1 Å². The van der Waals surface area contributed by atoms with Crippen molar-refractivity contribution in [2.75, 3.05) is 0 Å². The molecule has 19 heavy (non-hydrogen) atoms. The van der Waals surface area contributed by atoms with Gasteiger partial charge in [0.25, 0.3) is 0 Å². The van der Waals surface area contributed by atoms with Gasteiger partial charge in [0, 0.05) is 12.4 Å². The zero-order chi connectivity index (χ0) is 15.1. The molecule has 0 unspecified atom stereocenters. The number of alkyl halides is 3. The SMILES string of the molecule is C=C(/N=C\C=C/N)/N=C(/C(=C\N)C(=O)O)C(F)(F)F. The Morgan fingerprint density at radius 1 is 1.32 bits per heavy atom. The number of aliphatic carboxylic acids is 1. The maximum atomic E-state index is 12.6. The Kier molecular flexibility index (Phi) is 6.04. The van der Waals surface area contributed by atoms with Crippen molar-refractivity contribution in [3.8, 4) is 0 Å². The van der Waals surface area contributed by atoms with E-state index < -0.39 is 29.3 Å². The van der Waals surface area contributed by atoms with E-state index in [-0.39, 0.29) is 0 Å². The quantitative estimate of drug-likeness (QED) is 0.512. The van der Waals surface area contributed by atoms with E-state index >= 15 is 0 Å². The Morgan fingerprint density at radius 3 is 2.26 bits per heavy atom. The molecule has 0 aliphatic carbocycles. The molecule has 6 nitrogen and oxygen atoms in total. The molecule has 0 aromatic rings. The van der Waals surface area contributed by atoms with E-state index in [1.165, 1.54) is 6.08 Å². The zero-order valence-electron chi connectivity index (χ0n) is 9.55. The second-order valence-corrected chi connectivity index (χ2v) is 2.92. The molecule has 0 bridgehead atoms. The Morgan fingerprint density at radius 2 is 1.89 bits per heavy atom. The summed E-state index contributed by atoms with van der Waals surface area (Å²) in [6.07, 6.45) is -1.35. The van der Waals surface area contributed by atoms with E-state index in [9.17, 15) is 18.0 Å². The van der Waals surface area contributed by atoms with E-state index in [1.54, 1.807) is 0 Å². The molecule has 0 amide bonds. The molecule has 0 fully saturated rings. The molecule has 0 radical (unpaired) electrons. The first-order valence-electron chi connectivity index (χ1n) is 4.65. The van der Waals surface area contributed by atoms with Crippen molar-refractivity contribution in [1.29, 1.82) is 0 Å². The summed E-state index contributed by atoms with van der Waals surface area (Å²) in [4.78, 5) is 17.1. The highest BCUT2D eigenvalue weighted by molar-refractivity contribution is 6.21. The van der Waals surface area contributed by atoms with Crippen LogP contribution in [0.5, 0.6) is 0 Å². The molecular formula is C10H11F3N4O2.